The number of hydrogen-bond acceptors (Lipinski definition) is 4. The molecule has 1 aliphatic heterocycles. The number of nitrogens with zero attached hydrogens (tertiary/aromatic N) is 3. The Bertz CT molecular complexity index is 360. The summed E-state index contributed by atoms with van der Waals surface area (Å²) < 4.78 is 1.81. The molecule has 1 aliphatic rings. The lowest BCUT2D eigenvalue weighted by molar-refractivity contribution is 0.241. The molecule has 0 amide bonds. The van der Waals surface area contributed by atoms with E-state index in [2.05, 4.69) is 22.2 Å². The minimum atomic E-state index is 0.145. The monoisotopic (exact) mass is 266 g/mol. The van der Waals surface area contributed by atoms with Crippen molar-refractivity contribution in [3.05, 3.63) is 18.0 Å². The smallest absolute Gasteiger partial charge is 0.0640 e. The van der Waals surface area contributed by atoms with Crippen LogP contribution in [-0.4, -0.2) is 52.1 Å². The van der Waals surface area contributed by atoms with Crippen LogP contribution in [0.3, 0.4) is 0 Å². The van der Waals surface area contributed by atoms with Gasteiger partial charge in [0.1, 0.15) is 0 Å². The lowest BCUT2D eigenvalue weighted by atomic mass is 10.2. The maximum Gasteiger partial charge on any atom is 0.0640 e. The van der Waals surface area contributed by atoms with E-state index < -0.39 is 0 Å². The summed E-state index contributed by atoms with van der Waals surface area (Å²) in [6.45, 7) is 7.33. The highest BCUT2D eigenvalue weighted by atomic mass is 16.3. The van der Waals surface area contributed by atoms with Crippen molar-refractivity contribution in [2.24, 2.45) is 0 Å². The summed E-state index contributed by atoms with van der Waals surface area (Å²) in [5.41, 5.74) is 1.24. The van der Waals surface area contributed by atoms with Gasteiger partial charge >= 0.3 is 0 Å². The Morgan fingerprint density at radius 1 is 1.58 bits per heavy atom. The van der Waals surface area contributed by atoms with Crippen molar-refractivity contribution in [3.63, 3.8) is 0 Å². The van der Waals surface area contributed by atoms with Crippen LogP contribution in [0.25, 0.3) is 0 Å². The van der Waals surface area contributed by atoms with E-state index in [0.717, 1.165) is 19.6 Å². The lowest BCUT2D eigenvalue weighted by Crippen LogP contribution is -2.37. The molecule has 1 atom stereocenters. The highest BCUT2D eigenvalue weighted by Crippen LogP contribution is 2.10. The minimum Gasteiger partial charge on any atom is -0.394 e. The number of nitrogens with one attached hydrogen (secondary N) is 1. The van der Waals surface area contributed by atoms with Crippen molar-refractivity contribution in [1.82, 2.24) is 20.0 Å². The molecule has 2 rings (SSSR count). The SMILES string of the molecule is CCCN(Cc1cnn(CCO)c1)CC1CCCN1. The van der Waals surface area contributed by atoms with Gasteiger partial charge in [0, 0.05) is 30.9 Å². The zero-order valence-corrected chi connectivity index (χ0v) is 11.9. The predicted octanol–water partition coefficient (Wildman–Crippen LogP) is 0.839. The van der Waals surface area contributed by atoms with Crippen LogP contribution < -0.4 is 5.32 Å². The summed E-state index contributed by atoms with van der Waals surface area (Å²) in [4.78, 5) is 2.50. The van der Waals surface area contributed by atoms with E-state index in [1.807, 2.05) is 17.1 Å². The Morgan fingerprint density at radius 2 is 2.47 bits per heavy atom. The van der Waals surface area contributed by atoms with Gasteiger partial charge in [-0.3, -0.25) is 9.58 Å². The second-order valence-corrected chi connectivity index (χ2v) is 5.36. The summed E-state index contributed by atoms with van der Waals surface area (Å²) in [5.74, 6) is 0. The molecular weight excluding hydrogens is 240 g/mol. The average molecular weight is 266 g/mol. The molecule has 0 spiro atoms. The molecule has 0 aromatic carbocycles. The van der Waals surface area contributed by atoms with Gasteiger partial charge in [-0.2, -0.15) is 5.10 Å². The van der Waals surface area contributed by atoms with Gasteiger partial charge < -0.3 is 10.4 Å². The van der Waals surface area contributed by atoms with E-state index in [1.165, 1.54) is 31.4 Å². The molecule has 1 unspecified atom stereocenters. The van der Waals surface area contributed by atoms with Crippen LogP contribution in [0.15, 0.2) is 12.4 Å². The Balaban J connectivity index is 1.86. The molecule has 1 fully saturated rings. The van der Waals surface area contributed by atoms with Gasteiger partial charge in [0.15, 0.2) is 0 Å². The van der Waals surface area contributed by atoms with Crippen molar-refractivity contribution < 1.29 is 5.11 Å². The van der Waals surface area contributed by atoms with Crippen molar-refractivity contribution in [3.8, 4) is 0 Å². The van der Waals surface area contributed by atoms with E-state index >= 15 is 0 Å². The molecule has 2 heterocycles. The highest BCUT2D eigenvalue weighted by molar-refractivity contribution is 5.03. The summed E-state index contributed by atoms with van der Waals surface area (Å²) >= 11 is 0. The topological polar surface area (TPSA) is 53.3 Å². The second kappa shape index (κ2) is 7.62. The molecule has 0 bridgehead atoms. The third kappa shape index (κ3) is 4.60. The van der Waals surface area contributed by atoms with Crippen LogP contribution in [0.5, 0.6) is 0 Å². The standard InChI is InChI=1S/C14H26N4O/c1-2-6-17(12-14-4-3-5-15-14)10-13-9-16-18(11-13)7-8-19/h9,11,14-15,19H,2-8,10,12H2,1H3. The maximum absolute atomic E-state index is 8.91. The molecule has 2 N–H and O–H groups in total. The first-order valence-corrected chi connectivity index (χ1v) is 7.39. The van der Waals surface area contributed by atoms with Gasteiger partial charge in [-0.25, -0.2) is 0 Å². The first kappa shape index (κ1) is 14.5. The van der Waals surface area contributed by atoms with Crippen LogP contribution in [0.1, 0.15) is 31.7 Å². The molecule has 19 heavy (non-hydrogen) atoms. The normalized spacial score (nSPS) is 19.4. The second-order valence-electron chi connectivity index (χ2n) is 5.36. The molecule has 1 saturated heterocycles. The molecular formula is C14H26N4O. The van der Waals surface area contributed by atoms with E-state index in [4.69, 9.17) is 5.11 Å². The number of hydrogen-bond donors (Lipinski definition) is 2. The number of aliphatic hydroxyl groups is 1. The van der Waals surface area contributed by atoms with Crippen molar-refractivity contribution in [1.29, 1.82) is 0 Å². The Morgan fingerprint density at radius 3 is 3.16 bits per heavy atom. The molecule has 1 aromatic rings. The van der Waals surface area contributed by atoms with E-state index in [9.17, 15) is 0 Å². The van der Waals surface area contributed by atoms with Crippen molar-refractivity contribution >= 4 is 0 Å². The third-order valence-electron chi connectivity index (χ3n) is 3.60. The quantitative estimate of drug-likeness (QED) is 0.732. The zero-order valence-electron chi connectivity index (χ0n) is 11.9. The minimum absolute atomic E-state index is 0.145. The average Bonchev–Trinajstić information content (AvgIpc) is 3.02. The fourth-order valence-corrected chi connectivity index (χ4v) is 2.75. The van der Waals surface area contributed by atoms with E-state index in [-0.39, 0.29) is 6.61 Å². The van der Waals surface area contributed by atoms with Gasteiger partial charge in [-0.05, 0) is 32.4 Å². The molecule has 0 saturated carbocycles. The molecule has 0 aliphatic carbocycles. The van der Waals surface area contributed by atoms with Crippen molar-refractivity contribution in [2.45, 2.75) is 45.3 Å². The molecule has 5 nitrogen and oxygen atoms in total. The predicted molar refractivity (Wildman–Crippen MR) is 75.9 cm³/mol. The van der Waals surface area contributed by atoms with Crippen LogP contribution in [0, 0.1) is 0 Å². The lowest BCUT2D eigenvalue weighted by Gasteiger charge is -2.24. The van der Waals surface area contributed by atoms with Gasteiger partial charge in [-0.1, -0.05) is 6.92 Å². The Hall–Kier alpha value is -0.910. The van der Waals surface area contributed by atoms with E-state index in [1.54, 1.807) is 0 Å². The number of rotatable bonds is 8. The van der Waals surface area contributed by atoms with Gasteiger partial charge in [0.2, 0.25) is 0 Å². The largest absolute Gasteiger partial charge is 0.394 e. The highest BCUT2D eigenvalue weighted by Gasteiger charge is 2.17. The van der Waals surface area contributed by atoms with Crippen LogP contribution in [-0.2, 0) is 13.1 Å². The van der Waals surface area contributed by atoms with Crippen molar-refractivity contribution in [2.75, 3.05) is 26.2 Å². The van der Waals surface area contributed by atoms with Gasteiger partial charge in [0.05, 0.1) is 19.3 Å². The first-order valence-electron chi connectivity index (χ1n) is 7.39. The molecule has 5 heteroatoms. The molecule has 1 aromatic heterocycles. The van der Waals surface area contributed by atoms with Crippen LogP contribution in [0.2, 0.25) is 0 Å². The first-order chi connectivity index (χ1) is 9.31. The summed E-state index contributed by atoms with van der Waals surface area (Å²) in [7, 11) is 0. The van der Waals surface area contributed by atoms with Gasteiger partial charge in [-0.15, -0.1) is 0 Å². The maximum atomic E-state index is 8.91. The summed E-state index contributed by atoms with van der Waals surface area (Å²) in [6.07, 6.45) is 7.74. The Kier molecular flexibility index (Phi) is 5.82. The van der Waals surface area contributed by atoms with Gasteiger partial charge in [0.25, 0.3) is 0 Å². The Labute approximate surface area is 115 Å². The summed E-state index contributed by atoms with van der Waals surface area (Å²) in [6, 6.07) is 0.652. The number of aliphatic hydroxyl groups excluding tert-OH is 1. The fraction of sp³-hybridized carbons (Fsp3) is 0.786. The summed E-state index contributed by atoms with van der Waals surface area (Å²) in [5, 5.41) is 16.7. The van der Waals surface area contributed by atoms with Crippen LogP contribution >= 0.6 is 0 Å². The van der Waals surface area contributed by atoms with E-state index in [0.29, 0.717) is 12.6 Å². The zero-order chi connectivity index (χ0) is 13.5. The fourth-order valence-electron chi connectivity index (χ4n) is 2.75. The molecule has 0 radical (unpaired) electrons. The third-order valence-corrected chi connectivity index (χ3v) is 3.60. The molecule has 108 valence electrons. The number of aromatic nitrogens is 2. The van der Waals surface area contributed by atoms with Crippen LogP contribution in [0.4, 0.5) is 0 Å².